The monoisotopic (exact) mass is 326 g/mol. The van der Waals surface area contributed by atoms with Gasteiger partial charge in [0, 0.05) is 4.88 Å². The smallest absolute Gasteiger partial charge is 0.273 e. The van der Waals surface area contributed by atoms with Crippen molar-refractivity contribution in [2.75, 3.05) is 4.90 Å². The minimum absolute atomic E-state index is 0.0494. The molecule has 0 unspecified atom stereocenters. The number of urea groups is 1. The van der Waals surface area contributed by atoms with Gasteiger partial charge in [-0.2, -0.15) is 0 Å². The summed E-state index contributed by atoms with van der Waals surface area (Å²) in [6, 6.07) is 10.0. The lowest BCUT2D eigenvalue weighted by molar-refractivity contribution is -0.122. The van der Waals surface area contributed by atoms with E-state index in [2.05, 4.69) is 5.32 Å². The molecule has 1 aliphatic heterocycles. The average molecular weight is 326 g/mol. The maximum atomic E-state index is 12.6. The fourth-order valence-corrected chi connectivity index (χ4v) is 2.95. The molecule has 2 aromatic rings. The van der Waals surface area contributed by atoms with Crippen LogP contribution in [0.5, 0.6) is 0 Å². The predicted octanol–water partition coefficient (Wildman–Crippen LogP) is 2.98. The molecule has 0 spiro atoms. The SMILES string of the molecule is CCc1ccc(N2C(=O)NC(=O)/C(=C/c3cccs3)C2=O)cc1. The first-order valence-electron chi connectivity index (χ1n) is 7.14. The number of rotatable bonds is 3. The van der Waals surface area contributed by atoms with Crippen LogP contribution in [0.2, 0.25) is 0 Å². The van der Waals surface area contributed by atoms with Gasteiger partial charge in [0.15, 0.2) is 0 Å². The Morgan fingerprint density at radius 2 is 1.87 bits per heavy atom. The highest BCUT2D eigenvalue weighted by atomic mass is 32.1. The molecule has 2 heterocycles. The van der Waals surface area contributed by atoms with E-state index in [1.54, 1.807) is 18.2 Å². The molecule has 23 heavy (non-hydrogen) atoms. The minimum atomic E-state index is -0.729. The molecule has 0 atom stereocenters. The summed E-state index contributed by atoms with van der Waals surface area (Å²) in [5.41, 5.74) is 1.49. The summed E-state index contributed by atoms with van der Waals surface area (Å²) in [6.45, 7) is 2.02. The Kier molecular flexibility index (Phi) is 4.08. The number of anilines is 1. The van der Waals surface area contributed by atoms with Crippen LogP contribution >= 0.6 is 11.3 Å². The van der Waals surface area contributed by atoms with E-state index in [1.807, 2.05) is 30.5 Å². The molecule has 1 N–H and O–H groups in total. The van der Waals surface area contributed by atoms with Crippen LogP contribution in [0, 0.1) is 0 Å². The number of nitrogens with one attached hydrogen (secondary N) is 1. The molecule has 6 heteroatoms. The zero-order valence-corrected chi connectivity index (χ0v) is 13.2. The van der Waals surface area contributed by atoms with Crippen LogP contribution in [0.1, 0.15) is 17.4 Å². The number of carbonyl (C=O) groups excluding carboxylic acids is 3. The molecule has 1 saturated heterocycles. The Labute approximate surface area is 137 Å². The summed E-state index contributed by atoms with van der Waals surface area (Å²) in [7, 11) is 0. The Morgan fingerprint density at radius 3 is 2.48 bits per heavy atom. The Morgan fingerprint density at radius 1 is 1.13 bits per heavy atom. The first-order chi connectivity index (χ1) is 11.1. The number of imide groups is 2. The molecule has 0 bridgehead atoms. The van der Waals surface area contributed by atoms with Crippen molar-refractivity contribution in [2.45, 2.75) is 13.3 Å². The van der Waals surface area contributed by atoms with Crippen LogP contribution in [0.15, 0.2) is 47.4 Å². The van der Waals surface area contributed by atoms with Gasteiger partial charge in [-0.15, -0.1) is 11.3 Å². The van der Waals surface area contributed by atoms with Crippen molar-refractivity contribution in [3.05, 3.63) is 57.8 Å². The Balaban J connectivity index is 1.98. The highest BCUT2D eigenvalue weighted by molar-refractivity contribution is 7.10. The van der Waals surface area contributed by atoms with E-state index in [0.29, 0.717) is 5.69 Å². The fourth-order valence-electron chi connectivity index (χ4n) is 2.29. The molecule has 3 rings (SSSR count). The molecular formula is C17H14N2O3S. The molecule has 0 saturated carbocycles. The highest BCUT2D eigenvalue weighted by Gasteiger charge is 2.36. The number of hydrogen-bond acceptors (Lipinski definition) is 4. The van der Waals surface area contributed by atoms with Crippen LogP contribution in [0.25, 0.3) is 6.08 Å². The second-order valence-electron chi connectivity index (χ2n) is 4.99. The zero-order valence-electron chi connectivity index (χ0n) is 12.4. The van der Waals surface area contributed by atoms with Crippen molar-refractivity contribution in [3.63, 3.8) is 0 Å². The maximum Gasteiger partial charge on any atom is 0.335 e. The van der Waals surface area contributed by atoms with E-state index >= 15 is 0 Å². The number of aryl methyl sites for hydroxylation is 1. The lowest BCUT2D eigenvalue weighted by Crippen LogP contribution is -2.54. The molecular weight excluding hydrogens is 312 g/mol. The summed E-state index contributed by atoms with van der Waals surface area (Å²) in [5.74, 6) is -1.29. The van der Waals surface area contributed by atoms with Crippen LogP contribution in [-0.2, 0) is 16.0 Å². The molecule has 1 fully saturated rings. The van der Waals surface area contributed by atoms with Gasteiger partial charge in [-0.1, -0.05) is 25.1 Å². The molecule has 0 aliphatic carbocycles. The number of amides is 4. The number of carbonyl (C=O) groups is 3. The minimum Gasteiger partial charge on any atom is -0.273 e. The van der Waals surface area contributed by atoms with E-state index in [-0.39, 0.29) is 5.57 Å². The Bertz CT molecular complexity index is 792. The third-order valence-electron chi connectivity index (χ3n) is 3.53. The predicted molar refractivity (Wildman–Crippen MR) is 89.1 cm³/mol. The second-order valence-corrected chi connectivity index (χ2v) is 5.97. The van der Waals surface area contributed by atoms with Gasteiger partial charge in [0.25, 0.3) is 11.8 Å². The third-order valence-corrected chi connectivity index (χ3v) is 4.35. The van der Waals surface area contributed by atoms with Gasteiger partial charge >= 0.3 is 6.03 Å². The van der Waals surface area contributed by atoms with Crippen molar-refractivity contribution >= 4 is 40.9 Å². The molecule has 1 aromatic carbocycles. The van der Waals surface area contributed by atoms with Crippen molar-refractivity contribution in [1.82, 2.24) is 5.32 Å². The first-order valence-corrected chi connectivity index (χ1v) is 8.02. The van der Waals surface area contributed by atoms with Gasteiger partial charge in [0.2, 0.25) is 0 Å². The summed E-state index contributed by atoms with van der Waals surface area (Å²) in [5, 5.41) is 4.06. The van der Waals surface area contributed by atoms with E-state index in [9.17, 15) is 14.4 Å². The maximum absolute atomic E-state index is 12.6. The van der Waals surface area contributed by atoms with Crippen molar-refractivity contribution in [2.24, 2.45) is 0 Å². The van der Waals surface area contributed by atoms with Crippen LogP contribution < -0.4 is 10.2 Å². The topological polar surface area (TPSA) is 66.5 Å². The third kappa shape index (κ3) is 2.93. The van der Waals surface area contributed by atoms with E-state index in [1.165, 1.54) is 17.4 Å². The Hall–Kier alpha value is -2.73. The largest absolute Gasteiger partial charge is 0.335 e. The number of nitrogens with zero attached hydrogens (tertiary/aromatic N) is 1. The van der Waals surface area contributed by atoms with Crippen LogP contribution in [-0.4, -0.2) is 17.8 Å². The summed E-state index contributed by atoms with van der Waals surface area (Å²) < 4.78 is 0. The van der Waals surface area contributed by atoms with E-state index in [0.717, 1.165) is 21.8 Å². The van der Waals surface area contributed by atoms with Gasteiger partial charge in [-0.3, -0.25) is 14.9 Å². The summed E-state index contributed by atoms with van der Waals surface area (Å²) in [6.07, 6.45) is 2.37. The summed E-state index contributed by atoms with van der Waals surface area (Å²) in [4.78, 5) is 38.4. The first kappa shape index (κ1) is 15.2. The average Bonchev–Trinajstić information content (AvgIpc) is 3.05. The van der Waals surface area contributed by atoms with Crippen molar-refractivity contribution in [1.29, 1.82) is 0 Å². The standard InChI is InChI=1S/C17H14N2O3S/c1-2-11-5-7-12(8-6-11)19-16(21)14(15(20)18-17(19)22)10-13-4-3-9-23-13/h3-10H,2H2,1H3,(H,18,20,22)/b14-10-. The van der Waals surface area contributed by atoms with Gasteiger partial charge < -0.3 is 0 Å². The zero-order chi connectivity index (χ0) is 16.4. The number of hydrogen-bond donors (Lipinski definition) is 1. The van der Waals surface area contributed by atoms with Gasteiger partial charge in [0.1, 0.15) is 5.57 Å². The van der Waals surface area contributed by atoms with Crippen LogP contribution in [0.4, 0.5) is 10.5 Å². The number of barbiturate groups is 1. The normalized spacial score (nSPS) is 16.8. The number of benzene rings is 1. The second kappa shape index (κ2) is 6.18. The summed E-state index contributed by atoms with van der Waals surface area (Å²) >= 11 is 1.41. The van der Waals surface area contributed by atoms with Crippen molar-refractivity contribution in [3.8, 4) is 0 Å². The lowest BCUT2D eigenvalue weighted by atomic mass is 10.1. The van der Waals surface area contributed by atoms with Crippen LogP contribution in [0.3, 0.4) is 0 Å². The molecule has 4 amide bonds. The number of thiophene rings is 1. The molecule has 1 aromatic heterocycles. The molecule has 5 nitrogen and oxygen atoms in total. The lowest BCUT2D eigenvalue weighted by Gasteiger charge is -2.26. The molecule has 1 aliphatic rings. The van der Waals surface area contributed by atoms with Gasteiger partial charge in [-0.25, -0.2) is 9.69 Å². The van der Waals surface area contributed by atoms with Gasteiger partial charge in [0.05, 0.1) is 5.69 Å². The van der Waals surface area contributed by atoms with Gasteiger partial charge in [-0.05, 0) is 41.6 Å². The van der Waals surface area contributed by atoms with E-state index in [4.69, 9.17) is 0 Å². The molecule has 0 radical (unpaired) electrons. The van der Waals surface area contributed by atoms with Crippen molar-refractivity contribution < 1.29 is 14.4 Å². The quantitative estimate of drug-likeness (QED) is 0.696. The highest BCUT2D eigenvalue weighted by Crippen LogP contribution is 2.23. The van der Waals surface area contributed by atoms with E-state index < -0.39 is 17.8 Å². The fraction of sp³-hybridized carbons (Fsp3) is 0.118. The molecule has 116 valence electrons.